The van der Waals surface area contributed by atoms with Gasteiger partial charge in [0.05, 0.1) is 39.4 Å². The van der Waals surface area contributed by atoms with Crippen LogP contribution in [0.25, 0.3) is 5.69 Å². The van der Waals surface area contributed by atoms with Gasteiger partial charge in [-0.05, 0) is 82.4 Å². The average Bonchev–Trinajstić information content (AvgIpc) is 3.51. The van der Waals surface area contributed by atoms with Crippen LogP contribution in [0, 0.1) is 11.7 Å². The molecule has 3 aliphatic carbocycles. The Morgan fingerprint density at radius 2 is 1.88 bits per heavy atom. The molecule has 0 spiro atoms. The van der Waals surface area contributed by atoms with Crippen molar-refractivity contribution in [3.63, 3.8) is 0 Å². The van der Waals surface area contributed by atoms with Gasteiger partial charge in [-0.3, -0.25) is 19.6 Å². The van der Waals surface area contributed by atoms with E-state index in [2.05, 4.69) is 32.5 Å². The minimum atomic E-state index is -0.399. The van der Waals surface area contributed by atoms with E-state index in [0.717, 1.165) is 52.2 Å². The van der Waals surface area contributed by atoms with Crippen LogP contribution in [0.5, 0.6) is 0 Å². The molecule has 1 aromatic heterocycles. The number of amides is 2. The third kappa shape index (κ3) is 3.58. The van der Waals surface area contributed by atoms with Crippen molar-refractivity contribution in [3.8, 4) is 5.69 Å². The second kappa shape index (κ2) is 8.92. The van der Waals surface area contributed by atoms with Gasteiger partial charge in [-0.25, -0.2) is 9.07 Å². The molecule has 6 aliphatic rings. The summed E-state index contributed by atoms with van der Waals surface area (Å²) in [6, 6.07) is 8.77. The number of nitrogens with zero attached hydrogens (tertiary/aromatic N) is 6. The van der Waals surface area contributed by atoms with Crippen molar-refractivity contribution in [1.82, 2.24) is 19.6 Å². The normalized spacial score (nSPS) is 25.1. The Balaban J connectivity index is 1.21. The molecule has 0 radical (unpaired) electrons. The molecule has 3 saturated carbocycles. The SMILES string of the molecule is C=CC(=O)N1CCc2nn(-c3ccc(C45CC(C4)C5)c(F)c3)c3c2C(C1)N(C(=O)c1ccc(Br)c2c1=NCN=2)CC3. The third-order valence-corrected chi connectivity index (χ3v) is 10.4. The molecule has 8 nitrogen and oxygen atoms in total. The lowest BCUT2D eigenvalue weighted by Gasteiger charge is -2.62. The highest BCUT2D eigenvalue weighted by atomic mass is 79.9. The third-order valence-electron chi connectivity index (χ3n) is 9.75. The van der Waals surface area contributed by atoms with Gasteiger partial charge < -0.3 is 9.80 Å². The van der Waals surface area contributed by atoms with Crippen LogP contribution in [-0.4, -0.2) is 57.7 Å². The number of carbonyl (C=O) groups excluding carboxylic acids is 2. The molecular weight excluding hydrogens is 587 g/mol. The first kappa shape index (κ1) is 25.1. The molecule has 2 aromatic carbocycles. The van der Waals surface area contributed by atoms with Crippen LogP contribution < -0.4 is 10.7 Å². The van der Waals surface area contributed by atoms with Crippen molar-refractivity contribution < 1.29 is 14.0 Å². The molecule has 2 amide bonds. The molecule has 9 rings (SSSR count). The molecule has 2 bridgehead atoms. The lowest BCUT2D eigenvalue weighted by Crippen LogP contribution is -2.55. The van der Waals surface area contributed by atoms with E-state index < -0.39 is 6.04 Å². The van der Waals surface area contributed by atoms with E-state index in [4.69, 9.17) is 5.10 Å². The molecule has 4 heterocycles. The fourth-order valence-corrected chi connectivity index (χ4v) is 8.07. The molecule has 41 heavy (non-hydrogen) atoms. The van der Waals surface area contributed by atoms with Crippen molar-refractivity contribution in [2.45, 2.75) is 43.6 Å². The highest BCUT2D eigenvalue weighted by molar-refractivity contribution is 9.10. The molecular formula is C31H28BrFN6O2. The maximum Gasteiger partial charge on any atom is 0.256 e. The van der Waals surface area contributed by atoms with Crippen LogP contribution in [0.15, 0.2) is 57.4 Å². The van der Waals surface area contributed by atoms with Crippen LogP contribution >= 0.6 is 15.9 Å². The van der Waals surface area contributed by atoms with Gasteiger partial charge in [-0.15, -0.1) is 0 Å². The summed E-state index contributed by atoms with van der Waals surface area (Å²) in [5.41, 5.74) is 4.85. The Hall–Kier alpha value is -3.66. The monoisotopic (exact) mass is 614 g/mol. The predicted molar refractivity (Wildman–Crippen MR) is 152 cm³/mol. The van der Waals surface area contributed by atoms with Crippen LogP contribution in [0.4, 0.5) is 4.39 Å². The quantitative estimate of drug-likeness (QED) is 0.423. The van der Waals surface area contributed by atoms with E-state index in [1.807, 2.05) is 27.8 Å². The minimum absolute atomic E-state index is 0.0443. The number of hydrogen-bond acceptors (Lipinski definition) is 5. The van der Waals surface area contributed by atoms with Gasteiger partial charge in [0.2, 0.25) is 5.91 Å². The summed E-state index contributed by atoms with van der Waals surface area (Å²) >= 11 is 3.52. The van der Waals surface area contributed by atoms with Crippen molar-refractivity contribution in [1.29, 1.82) is 0 Å². The number of carbonyl (C=O) groups is 2. The highest BCUT2D eigenvalue weighted by Gasteiger charge is 2.58. The number of aromatic nitrogens is 2. The number of fused-ring (bicyclic) bond motifs is 1. The van der Waals surface area contributed by atoms with Crippen molar-refractivity contribution in [2.24, 2.45) is 15.9 Å². The summed E-state index contributed by atoms with van der Waals surface area (Å²) in [4.78, 5) is 39.4. The maximum atomic E-state index is 15.5. The maximum absolute atomic E-state index is 15.5. The van der Waals surface area contributed by atoms with Crippen LogP contribution in [0.3, 0.4) is 0 Å². The van der Waals surface area contributed by atoms with E-state index in [1.54, 1.807) is 17.0 Å². The van der Waals surface area contributed by atoms with E-state index in [0.29, 0.717) is 61.1 Å². The van der Waals surface area contributed by atoms with Gasteiger partial charge in [-0.2, -0.15) is 5.10 Å². The summed E-state index contributed by atoms with van der Waals surface area (Å²) in [5.74, 6) is 0.290. The number of halogens is 2. The summed E-state index contributed by atoms with van der Waals surface area (Å²) in [5, 5.41) is 6.27. The number of benzene rings is 2. The van der Waals surface area contributed by atoms with Gasteiger partial charge >= 0.3 is 0 Å². The largest absolute Gasteiger partial charge is 0.336 e. The van der Waals surface area contributed by atoms with E-state index in [-0.39, 0.29) is 23.0 Å². The molecule has 3 fully saturated rings. The van der Waals surface area contributed by atoms with E-state index >= 15 is 4.39 Å². The zero-order valence-electron chi connectivity index (χ0n) is 22.4. The zero-order valence-corrected chi connectivity index (χ0v) is 24.0. The summed E-state index contributed by atoms with van der Waals surface area (Å²) in [6.45, 7) is 5.21. The molecule has 1 unspecified atom stereocenters. The van der Waals surface area contributed by atoms with Crippen LogP contribution in [-0.2, 0) is 23.1 Å². The average molecular weight is 616 g/mol. The summed E-state index contributed by atoms with van der Waals surface area (Å²) in [7, 11) is 0. The topological polar surface area (TPSA) is 83.2 Å². The summed E-state index contributed by atoms with van der Waals surface area (Å²) in [6.07, 6.45) is 5.71. The highest BCUT2D eigenvalue weighted by Crippen LogP contribution is 2.65. The first-order valence-corrected chi connectivity index (χ1v) is 15.0. The van der Waals surface area contributed by atoms with Crippen LogP contribution in [0.2, 0.25) is 0 Å². The lowest BCUT2D eigenvalue weighted by atomic mass is 9.42. The Labute approximate surface area is 244 Å². The molecule has 0 N–H and O–H groups in total. The fourth-order valence-electron chi connectivity index (χ4n) is 7.62. The zero-order chi connectivity index (χ0) is 28.0. The predicted octanol–water partition coefficient (Wildman–Crippen LogP) is 3.35. The Bertz CT molecular complexity index is 1800. The van der Waals surface area contributed by atoms with Gasteiger partial charge in [0.1, 0.15) is 12.5 Å². The van der Waals surface area contributed by atoms with E-state index in [9.17, 15) is 9.59 Å². The molecule has 3 aromatic rings. The van der Waals surface area contributed by atoms with Gasteiger partial charge in [0.25, 0.3) is 5.91 Å². The fraction of sp³-hybridized carbons (Fsp3) is 0.387. The van der Waals surface area contributed by atoms with E-state index in [1.165, 1.54) is 6.08 Å². The van der Waals surface area contributed by atoms with Crippen molar-refractivity contribution in [3.05, 3.63) is 92.1 Å². The minimum Gasteiger partial charge on any atom is -0.336 e. The smallest absolute Gasteiger partial charge is 0.256 e. The van der Waals surface area contributed by atoms with Crippen LogP contribution in [0.1, 0.15) is 58.2 Å². The Kier molecular flexibility index (Phi) is 5.46. The molecule has 3 aliphatic heterocycles. The molecule has 10 heteroatoms. The number of hydrogen-bond donors (Lipinski definition) is 0. The lowest BCUT2D eigenvalue weighted by molar-refractivity contribution is -0.126. The number of rotatable bonds is 4. The summed E-state index contributed by atoms with van der Waals surface area (Å²) < 4.78 is 18.1. The standard InChI is InChI=1S/C31H28BrFN6O2/c1-2-26(40)37-9-7-23-27-24(39(36-23)18-3-5-20(22(33)11-18)31-12-17(13-31)14-31)8-10-38(25(27)15-37)30(41)19-4-6-21(32)29-28(19)34-16-35-29/h2-6,11,17,25H,1,7-10,12-16H2. The Morgan fingerprint density at radius 1 is 1.07 bits per heavy atom. The molecule has 0 saturated heterocycles. The van der Waals surface area contributed by atoms with Crippen molar-refractivity contribution >= 4 is 27.7 Å². The first-order valence-electron chi connectivity index (χ1n) is 14.2. The first-order chi connectivity index (χ1) is 19.9. The Morgan fingerprint density at radius 3 is 2.61 bits per heavy atom. The molecule has 1 atom stereocenters. The van der Waals surface area contributed by atoms with Gasteiger partial charge in [-0.1, -0.05) is 12.6 Å². The van der Waals surface area contributed by atoms with Gasteiger partial charge in [0.15, 0.2) is 0 Å². The second-order valence-electron chi connectivity index (χ2n) is 11.9. The van der Waals surface area contributed by atoms with Crippen molar-refractivity contribution in [2.75, 3.05) is 26.3 Å². The molecule has 208 valence electrons. The van der Waals surface area contributed by atoms with Gasteiger partial charge in [0, 0.05) is 42.5 Å². The second-order valence-corrected chi connectivity index (χ2v) is 12.7.